The van der Waals surface area contributed by atoms with Gasteiger partial charge in [0.25, 0.3) is 10.0 Å². The van der Waals surface area contributed by atoms with E-state index in [0.29, 0.717) is 11.3 Å². The summed E-state index contributed by atoms with van der Waals surface area (Å²) in [4.78, 5) is 4.59. The van der Waals surface area contributed by atoms with E-state index >= 15 is 0 Å². The molecule has 0 unspecified atom stereocenters. The predicted octanol–water partition coefficient (Wildman–Crippen LogP) is 2.75. The van der Waals surface area contributed by atoms with E-state index in [9.17, 15) is 8.42 Å². The van der Waals surface area contributed by atoms with Gasteiger partial charge in [0.2, 0.25) is 0 Å². The maximum absolute atomic E-state index is 12.4. The van der Waals surface area contributed by atoms with Gasteiger partial charge < -0.3 is 4.40 Å². The minimum atomic E-state index is -3.59. The second-order valence-corrected chi connectivity index (χ2v) is 6.59. The molecule has 2 heterocycles. The first-order valence-electron chi connectivity index (χ1n) is 6.49. The molecule has 0 radical (unpaired) electrons. The molecule has 6 heteroatoms. The van der Waals surface area contributed by atoms with Crippen LogP contribution in [0.25, 0.3) is 5.65 Å². The van der Waals surface area contributed by atoms with Crippen molar-refractivity contribution in [2.75, 3.05) is 4.72 Å². The molecule has 108 valence electrons. The predicted molar refractivity (Wildman–Crippen MR) is 81.9 cm³/mol. The summed E-state index contributed by atoms with van der Waals surface area (Å²) in [6.45, 7) is 3.67. The third-order valence-electron chi connectivity index (χ3n) is 3.21. The molecule has 0 saturated heterocycles. The molecule has 3 aromatic rings. The van der Waals surface area contributed by atoms with Gasteiger partial charge in [0, 0.05) is 12.4 Å². The van der Waals surface area contributed by atoms with Gasteiger partial charge in [-0.15, -0.1) is 0 Å². The van der Waals surface area contributed by atoms with Crippen molar-refractivity contribution >= 4 is 21.4 Å². The molecule has 0 fully saturated rings. The summed E-state index contributed by atoms with van der Waals surface area (Å²) in [7, 11) is -3.59. The largest absolute Gasteiger partial charge is 0.305 e. The number of nitrogens with zero attached hydrogens (tertiary/aromatic N) is 2. The van der Waals surface area contributed by atoms with Crippen LogP contribution in [0.1, 0.15) is 11.3 Å². The van der Waals surface area contributed by atoms with E-state index in [1.165, 1.54) is 0 Å². The standard InChI is InChI=1S/C15H15N3O2S/c1-11-5-3-4-6-14(11)21(19,20)17-13-7-8-15-16-12(2)9-18(15)10-13/h3-10,17H,1-2H3. The van der Waals surface area contributed by atoms with E-state index in [1.54, 1.807) is 47.9 Å². The van der Waals surface area contributed by atoms with Gasteiger partial charge >= 0.3 is 0 Å². The number of sulfonamides is 1. The van der Waals surface area contributed by atoms with Gasteiger partial charge in [0.05, 0.1) is 16.3 Å². The zero-order chi connectivity index (χ0) is 15.0. The fourth-order valence-corrected chi connectivity index (χ4v) is 3.54. The number of hydrogen-bond donors (Lipinski definition) is 1. The Morgan fingerprint density at radius 2 is 1.81 bits per heavy atom. The van der Waals surface area contributed by atoms with Crippen molar-refractivity contribution in [1.82, 2.24) is 9.38 Å². The average Bonchev–Trinajstić information content (AvgIpc) is 2.78. The normalized spacial score (nSPS) is 11.7. The van der Waals surface area contributed by atoms with Gasteiger partial charge in [0.15, 0.2) is 0 Å². The Balaban J connectivity index is 1.99. The summed E-state index contributed by atoms with van der Waals surface area (Å²) in [6.07, 6.45) is 3.56. The fraction of sp³-hybridized carbons (Fsp3) is 0.133. The molecule has 0 saturated carbocycles. The minimum Gasteiger partial charge on any atom is -0.305 e. The molecule has 0 aliphatic rings. The molecule has 21 heavy (non-hydrogen) atoms. The summed E-state index contributed by atoms with van der Waals surface area (Å²) in [5, 5.41) is 0. The van der Waals surface area contributed by atoms with Crippen LogP contribution in [0.15, 0.2) is 53.7 Å². The molecule has 0 atom stereocenters. The van der Waals surface area contributed by atoms with Crippen LogP contribution < -0.4 is 4.72 Å². The van der Waals surface area contributed by atoms with E-state index in [4.69, 9.17) is 0 Å². The zero-order valence-electron chi connectivity index (χ0n) is 11.7. The molecule has 2 aromatic heterocycles. The highest BCUT2D eigenvalue weighted by Gasteiger charge is 2.16. The van der Waals surface area contributed by atoms with Gasteiger partial charge in [-0.3, -0.25) is 4.72 Å². The second kappa shape index (κ2) is 4.89. The molecule has 0 aliphatic heterocycles. The Morgan fingerprint density at radius 1 is 1.05 bits per heavy atom. The van der Waals surface area contributed by atoms with Gasteiger partial charge in [-0.1, -0.05) is 18.2 Å². The monoisotopic (exact) mass is 301 g/mol. The number of aryl methyl sites for hydroxylation is 2. The molecular weight excluding hydrogens is 286 g/mol. The summed E-state index contributed by atoms with van der Waals surface area (Å²) in [5.74, 6) is 0. The van der Waals surface area contributed by atoms with Crippen LogP contribution in [-0.2, 0) is 10.0 Å². The van der Waals surface area contributed by atoms with Crippen LogP contribution in [0.3, 0.4) is 0 Å². The number of nitrogens with one attached hydrogen (secondary N) is 1. The summed E-state index contributed by atoms with van der Waals surface area (Å²) < 4.78 is 29.3. The highest BCUT2D eigenvalue weighted by Crippen LogP contribution is 2.19. The number of pyridine rings is 1. The van der Waals surface area contributed by atoms with E-state index in [-0.39, 0.29) is 4.90 Å². The fourth-order valence-electron chi connectivity index (χ4n) is 2.25. The smallest absolute Gasteiger partial charge is 0.262 e. The van der Waals surface area contributed by atoms with Crippen molar-refractivity contribution in [3.63, 3.8) is 0 Å². The number of benzene rings is 1. The lowest BCUT2D eigenvalue weighted by atomic mass is 10.2. The quantitative estimate of drug-likeness (QED) is 0.809. The van der Waals surface area contributed by atoms with Gasteiger partial charge in [-0.2, -0.15) is 0 Å². The van der Waals surface area contributed by atoms with Crippen LogP contribution in [0.2, 0.25) is 0 Å². The molecule has 0 aliphatic carbocycles. The molecule has 0 amide bonds. The SMILES string of the molecule is Cc1cn2cc(NS(=O)(=O)c3ccccc3C)ccc2n1. The van der Waals surface area contributed by atoms with Crippen molar-refractivity contribution in [1.29, 1.82) is 0 Å². The van der Waals surface area contributed by atoms with Crippen molar-refractivity contribution in [2.45, 2.75) is 18.7 Å². The minimum absolute atomic E-state index is 0.284. The molecule has 1 N–H and O–H groups in total. The van der Waals surface area contributed by atoms with E-state index in [1.807, 2.05) is 19.2 Å². The van der Waals surface area contributed by atoms with Crippen LogP contribution in [0, 0.1) is 13.8 Å². The topological polar surface area (TPSA) is 63.5 Å². The third kappa shape index (κ3) is 2.62. The van der Waals surface area contributed by atoms with E-state index in [0.717, 1.165) is 11.3 Å². The first-order chi connectivity index (χ1) is 9.95. The lowest BCUT2D eigenvalue weighted by molar-refractivity contribution is 0.600. The highest BCUT2D eigenvalue weighted by molar-refractivity contribution is 7.92. The lowest BCUT2D eigenvalue weighted by Gasteiger charge is -2.10. The van der Waals surface area contributed by atoms with Crippen LogP contribution >= 0.6 is 0 Å². The first-order valence-corrected chi connectivity index (χ1v) is 7.98. The zero-order valence-corrected chi connectivity index (χ0v) is 12.6. The molecule has 5 nitrogen and oxygen atoms in total. The highest BCUT2D eigenvalue weighted by atomic mass is 32.2. The maximum Gasteiger partial charge on any atom is 0.262 e. The van der Waals surface area contributed by atoms with Gasteiger partial charge in [-0.05, 0) is 37.6 Å². The third-order valence-corrected chi connectivity index (χ3v) is 4.75. The second-order valence-electron chi connectivity index (χ2n) is 4.94. The van der Waals surface area contributed by atoms with Crippen molar-refractivity contribution < 1.29 is 8.42 Å². The Morgan fingerprint density at radius 3 is 2.57 bits per heavy atom. The lowest BCUT2D eigenvalue weighted by Crippen LogP contribution is -2.14. The molecule has 1 aromatic carbocycles. The Kier molecular flexibility index (Phi) is 3.17. The number of aromatic nitrogens is 2. The summed E-state index contributed by atoms with van der Waals surface area (Å²) >= 11 is 0. The van der Waals surface area contributed by atoms with E-state index < -0.39 is 10.0 Å². The molecule has 3 rings (SSSR count). The molecule has 0 bridgehead atoms. The van der Waals surface area contributed by atoms with Crippen LogP contribution in [0.5, 0.6) is 0 Å². The van der Waals surface area contributed by atoms with Crippen molar-refractivity contribution in [3.05, 3.63) is 60.0 Å². The van der Waals surface area contributed by atoms with Crippen LogP contribution in [-0.4, -0.2) is 17.8 Å². The number of anilines is 1. The Bertz CT molecular complexity index is 914. The summed E-state index contributed by atoms with van der Waals surface area (Å²) in [6, 6.07) is 10.4. The van der Waals surface area contributed by atoms with Gasteiger partial charge in [0.1, 0.15) is 5.65 Å². The average molecular weight is 301 g/mol. The van der Waals surface area contributed by atoms with Crippen molar-refractivity contribution in [2.24, 2.45) is 0 Å². The maximum atomic E-state index is 12.4. The number of rotatable bonds is 3. The molecular formula is C15H15N3O2S. The van der Waals surface area contributed by atoms with Gasteiger partial charge in [-0.25, -0.2) is 13.4 Å². The Labute approximate surface area is 123 Å². The number of imidazole rings is 1. The Hall–Kier alpha value is -2.34. The number of fused-ring (bicyclic) bond motifs is 1. The van der Waals surface area contributed by atoms with Crippen molar-refractivity contribution in [3.8, 4) is 0 Å². The molecule has 0 spiro atoms. The first kappa shape index (κ1) is 13.6. The van der Waals surface area contributed by atoms with Crippen LogP contribution in [0.4, 0.5) is 5.69 Å². The number of hydrogen-bond acceptors (Lipinski definition) is 3. The van der Waals surface area contributed by atoms with E-state index in [2.05, 4.69) is 9.71 Å². The summed E-state index contributed by atoms with van der Waals surface area (Å²) in [5.41, 5.74) is 2.88.